The maximum absolute atomic E-state index is 13.3. The van der Waals surface area contributed by atoms with Crippen LogP contribution in [0.3, 0.4) is 0 Å². The van der Waals surface area contributed by atoms with Crippen LogP contribution in [-0.4, -0.2) is 9.38 Å². The second-order valence-corrected chi connectivity index (χ2v) is 5.00. The molecule has 0 spiro atoms. The minimum atomic E-state index is -0.285. The van der Waals surface area contributed by atoms with Crippen LogP contribution in [0.25, 0.3) is 28.1 Å². The predicted molar refractivity (Wildman–Crippen MR) is 79.7 cm³/mol. The van der Waals surface area contributed by atoms with E-state index in [1.54, 1.807) is 16.7 Å². The van der Waals surface area contributed by atoms with E-state index in [9.17, 15) is 4.39 Å². The second kappa shape index (κ2) is 4.45. The van der Waals surface area contributed by atoms with Crippen LogP contribution >= 0.6 is 0 Å². The van der Waals surface area contributed by atoms with Gasteiger partial charge in [-0.1, -0.05) is 25.1 Å². The van der Waals surface area contributed by atoms with Crippen molar-refractivity contribution in [2.45, 2.75) is 13.3 Å². The number of rotatable bonds is 2. The van der Waals surface area contributed by atoms with E-state index in [0.29, 0.717) is 5.65 Å². The lowest BCUT2D eigenvalue weighted by molar-refractivity contribution is 0.619. The van der Waals surface area contributed by atoms with Crippen molar-refractivity contribution in [2.75, 3.05) is 0 Å². The standard InChI is InChI=1S/C17H13FN2O/c1-2-12-13-5-3-4-6-15(13)21-17(12)14-10-20-9-11(18)7-8-16(20)19-14/h3-10H,2H2,1H3. The molecule has 0 aliphatic carbocycles. The molecule has 0 amide bonds. The van der Waals surface area contributed by atoms with Crippen LogP contribution in [0.4, 0.5) is 4.39 Å². The van der Waals surface area contributed by atoms with Gasteiger partial charge in [0.25, 0.3) is 0 Å². The maximum atomic E-state index is 13.3. The topological polar surface area (TPSA) is 30.4 Å². The number of hydrogen-bond donors (Lipinski definition) is 0. The summed E-state index contributed by atoms with van der Waals surface area (Å²) in [6.45, 7) is 2.09. The molecule has 1 aromatic carbocycles. The van der Waals surface area contributed by atoms with Crippen molar-refractivity contribution < 1.29 is 8.81 Å². The Bertz CT molecular complexity index is 952. The van der Waals surface area contributed by atoms with Gasteiger partial charge in [0, 0.05) is 23.3 Å². The average molecular weight is 280 g/mol. The Morgan fingerprint density at radius 2 is 2.00 bits per heavy atom. The first kappa shape index (κ1) is 12.1. The maximum Gasteiger partial charge on any atom is 0.158 e. The van der Waals surface area contributed by atoms with E-state index < -0.39 is 0 Å². The van der Waals surface area contributed by atoms with E-state index >= 15 is 0 Å². The molecule has 3 heterocycles. The number of aromatic nitrogens is 2. The van der Waals surface area contributed by atoms with Crippen molar-refractivity contribution in [3.63, 3.8) is 0 Å². The van der Waals surface area contributed by atoms with Crippen LogP contribution in [-0.2, 0) is 6.42 Å². The Morgan fingerprint density at radius 3 is 2.86 bits per heavy atom. The number of fused-ring (bicyclic) bond motifs is 2. The van der Waals surface area contributed by atoms with E-state index in [1.165, 1.54) is 12.3 Å². The van der Waals surface area contributed by atoms with Gasteiger partial charge in [-0.25, -0.2) is 9.37 Å². The van der Waals surface area contributed by atoms with E-state index in [2.05, 4.69) is 18.0 Å². The number of halogens is 1. The first-order chi connectivity index (χ1) is 10.3. The Kier molecular flexibility index (Phi) is 2.57. The normalized spacial score (nSPS) is 11.5. The van der Waals surface area contributed by atoms with Crippen molar-refractivity contribution in [1.82, 2.24) is 9.38 Å². The number of nitrogens with zero attached hydrogens (tertiary/aromatic N) is 2. The van der Waals surface area contributed by atoms with Crippen molar-refractivity contribution >= 4 is 16.6 Å². The summed E-state index contributed by atoms with van der Waals surface area (Å²) in [5.74, 6) is 0.481. The number of imidazole rings is 1. The zero-order valence-corrected chi connectivity index (χ0v) is 11.5. The van der Waals surface area contributed by atoms with Crippen LogP contribution < -0.4 is 0 Å². The number of benzene rings is 1. The number of pyridine rings is 1. The first-order valence-corrected chi connectivity index (χ1v) is 6.91. The van der Waals surface area contributed by atoms with Gasteiger partial charge in [-0.3, -0.25) is 0 Å². The first-order valence-electron chi connectivity index (χ1n) is 6.91. The smallest absolute Gasteiger partial charge is 0.158 e. The quantitative estimate of drug-likeness (QED) is 0.543. The molecule has 0 aliphatic heterocycles. The van der Waals surface area contributed by atoms with Gasteiger partial charge in [-0.05, 0) is 24.6 Å². The molecule has 0 radical (unpaired) electrons. The highest BCUT2D eigenvalue weighted by atomic mass is 19.1. The van der Waals surface area contributed by atoms with Gasteiger partial charge in [0.2, 0.25) is 0 Å². The summed E-state index contributed by atoms with van der Waals surface area (Å²) in [5, 5.41) is 1.11. The Hall–Kier alpha value is -2.62. The molecule has 0 saturated carbocycles. The van der Waals surface area contributed by atoms with E-state index in [0.717, 1.165) is 34.4 Å². The molecule has 21 heavy (non-hydrogen) atoms. The van der Waals surface area contributed by atoms with Crippen molar-refractivity contribution in [3.05, 3.63) is 60.2 Å². The highest BCUT2D eigenvalue weighted by Crippen LogP contribution is 2.33. The molecule has 4 aromatic rings. The lowest BCUT2D eigenvalue weighted by Gasteiger charge is -1.95. The van der Waals surface area contributed by atoms with Gasteiger partial charge >= 0.3 is 0 Å². The zero-order valence-electron chi connectivity index (χ0n) is 11.5. The Morgan fingerprint density at radius 1 is 1.14 bits per heavy atom. The molecule has 3 nitrogen and oxygen atoms in total. The molecule has 0 N–H and O–H groups in total. The van der Waals surface area contributed by atoms with E-state index in [-0.39, 0.29) is 5.82 Å². The highest BCUT2D eigenvalue weighted by Gasteiger charge is 2.16. The van der Waals surface area contributed by atoms with Crippen LogP contribution in [0.5, 0.6) is 0 Å². The molecule has 0 unspecified atom stereocenters. The monoisotopic (exact) mass is 280 g/mol. The number of aryl methyl sites for hydroxylation is 1. The third kappa shape index (κ3) is 1.83. The molecular formula is C17H13FN2O. The molecule has 0 bridgehead atoms. The predicted octanol–water partition coefficient (Wildman–Crippen LogP) is 4.45. The summed E-state index contributed by atoms with van der Waals surface area (Å²) in [5.41, 5.74) is 3.42. The molecule has 0 saturated heterocycles. The third-order valence-electron chi connectivity index (χ3n) is 3.70. The number of para-hydroxylation sites is 1. The summed E-state index contributed by atoms with van der Waals surface area (Å²) in [4.78, 5) is 4.53. The van der Waals surface area contributed by atoms with Gasteiger partial charge in [0.1, 0.15) is 22.7 Å². The lowest BCUT2D eigenvalue weighted by Crippen LogP contribution is -1.83. The highest BCUT2D eigenvalue weighted by molar-refractivity contribution is 5.87. The molecule has 0 aliphatic rings. The molecule has 4 rings (SSSR count). The van der Waals surface area contributed by atoms with Gasteiger partial charge < -0.3 is 8.82 Å². The Labute approximate surface area is 120 Å². The van der Waals surface area contributed by atoms with Crippen LogP contribution in [0.1, 0.15) is 12.5 Å². The van der Waals surface area contributed by atoms with Gasteiger partial charge in [0.05, 0.1) is 0 Å². The third-order valence-corrected chi connectivity index (χ3v) is 3.70. The van der Waals surface area contributed by atoms with Crippen molar-refractivity contribution in [1.29, 1.82) is 0 Å². The number of hydrogen-bond acceptors (Lipinski definition) is 2. The molecule has 0 atom stereocenters. The van der Waals surface area contributed by atoms with E-state index in [1.807, 2.05) is 18.2 Å². The van der Waals surface area contributed by atoms with Crippen molar-refractivity contribution in [3.8, 4) is 11.5 Å². The fraction of sp³-hybridized carbons (Fsp3) is 0.118. The fourth-order valence-corrected chi connectivity index (χ4v) is 2.73. The largest absolute Gasteiger partial charge is 0.454 e. The summed E-state index contributed by atoms with van der Waals surface area (Å²) in [6, 6.07) is 11.0. The Balaban J connectivity index is 1.99. The van der Waals surface area contributed by atoms with Gasteiger partial charge in [-0.15, -0.1) is 0 Å². The van der Waals surface area contributed by atoms with Gasteiger partial charge in [-0.2, -0.15) is 0 Å². The summed E-state index contributed by atoms with van der Waals surface area (Å²) >= 11 is 0. The lowest BCUT2D eigenvalue weighted by atomic mass is 10.1. The van der Waals surface area contributed by atoms with Gasteiger partial charge in [0.15, 0.2) is 5.76 Å². The molecular weight excluding hydrogens is 267 g/mol. The molecule has 3 aromatic heterocycles. The summed E-state index contributed by atoms with van der Waals surface area (Å²) in [6.07, 6.45) is 4.07. The number of furan rings is 1. The minimum Gasteiger partial charge on any atom is -0.454 e. The van der Waals surface area contributed by atoms with Crippen LogP contribution in [0.2, 0.25) is 0 Å². The van der Waals surface area contributed by atoms with Crippen LogP contribution in [0, 0.1) is 5.82 Å². The molecule has 4 heteroatoms. The molecule has 104 valence electrons. The van der Waals surface area contributed by atoms with Crippen LogP contribution in [0.15, 0.2) is 53.2 Å². The zero-order chi connectivity index (χ0) is 14.4. The van der Waals surface area contributed by atoms with Crippen molar-refractivity contribution in [2.24, 2.45) is 0 Å². The van der Waals surface area contributed by atoms with E-state index in [4.69, 9.17) is 4.42 Å². The second-order valence-electron chi connectivity index (χ2n) is 5.00. The fourth-order valence-electron chi connectivity index (χ4n) is 2.73. The SMILES string of the molecule is CCc1c(-c2cn3cc(F)ccc3n2)oc2ccccc12. The minimum absolute atomic E-state index is 0.285. The average Bonchev–Trinajstić information content (AvgIpc) is 3.06. The molecule has 0 fully saturated rings. The summed E-state index contributed by atoms with van der Waals surface area (Å²) in [7, 11) is 0. The summed E-state index contributed by atoms with van der Waals surface area (Å²) < 4.78 is 20.9.